The van der Waals surface area contributed by atoms with Crippen LogP contribution in [0.1, 0.15) is 367 Å². The molecule has 0 aliphatic carbocycles. The molecular weight excluding hydrogens is 1230 g/mol. The SMILES string of the molecule is CC/C=C\C/C=C\C/C=C\C/C=C\C/C=C\C/C=C\C/C=C\C/C=C\C/C=C\C/C=C\C/C=C\C/C=C\CCCCCCC(=O)OC(COC(=O)CCCCCCCCCCCCCCCCCCCCCCCCCCCCCCCCCCCCCC)COP(=O)(O)OCCN. The van der Waals surface area contributed by atoms with Crippen LogP contribution in [0.15, 0.2) is 146 Å². The average Bonchev–Trinajstić information content (AvgIpc) is 1.36. The lowest BCUT2D eigenvalue weighted by Crippen LogP contribution is -2.29. The predicted octanol–water partition coefficient (Wildman–Crippen LogP) is 27.7. The number of rotatable bonds is 76. The van der Waals surface area contributed by atoms with Crippen molar-refractivity contribution in [1.29, 1.82) is 0 Å². The van der Waals surface area contributed by atoms with Crippen LogP contribution < -0.4 is 5.73 Å². The number of carbonyl (C=O) groups is 2. The summed E-state index contributed by atoms with van der Waals surface area (Å²) in [6.07, 6.45) is 119. The highest BCUT2D eigenvalue weighted by Crippen LogP contribution is 2.43. The van der Waals surface area contributed by atoms with Gasteiger partial charge in [-0.3, -0.25) is 18.6 Å². The molecule has 0 spiro atoms. The first-order valence-electron chi connectivity index (χ1n) is 40.8. The van der Waals surface area contributed by atoms with E-state index in [0.29, 0.717) is 6.42 Å². The highest BCUT2D eigenvalue weighted by atomic mass is 31.2. The van der Waals surface area contributed by atoms with E-state index in [-0.39, 0.29) is 38.6 Å². The van der Waals surface area contributed by atoms with E-state index in [4.69, 9.17) is 24.3 Å². The molecule has 0 aromatic heterocycles. The number of hydrogen-bond acceptors (Lipinski definition) is 8. The fourth-order valence-electron chi connectivity index (χ4n) is 11.5. The summed E-state index contributed by atoms with van der Waals surface area (Å²) in [5.41, 5.74) is 5.41. The minimum Gasteiger partial charge on any atom is -0.462 e. The molecule has 562 valence electrons. The molecule has 2 atom stereocenters. The van der Waals surface area contributed by atoms with Crippen LogP contribution >= 0.6 is 7.82 Å². The third kappa shape index (κ3) is 80.9. The summed E-state index contributed by atoms with van der Waals surface area (Å²) in [6.45, 7) is 3.64. The Hall–Kier alpha value is -4.11. The van der Waals surface area contributed by atoms with Crippen LogP contribution in [0, 0.1) is 0 Å². The van der Waals surface area contributed by atoms with Crippen molar-refractivity contribution >= 4 is 19.8 Å². The number of unbranched alkanes of at least 4 members (excludes halogenated alkanes) is 39. The first kappa shape index (κ1) is 93.9. The first-order chi connectivity index (χ1) is 48.3. The summed E-state index contributed by atoms with van der Waals surface area (Å²) in [6, 6.07) is 0. The lowest BCUT2D eigenvalue weighted by molar-refractivity contribution is -0.161. The third-order valence-corrected chi connectivity index (χ3v) is 18.5. The van der Waals surface area contributed by atoms with Gasteiger partial charge in [-0.15, -0.1) is 0 Å². The van der Waals surface area contributed by atoms with Gasteiger partial charge in [-0.25, -0.2) is 4.57 Å². The Morgan fingerprint density at radius 1 is 0.316 bits per heavy atom. The molecule has 10 heteroatoms. The molecule has 0 saturated heterocycles. The number of hydrogen-bond donors (Lipinski definition) is 2. The highest BCUT2D eigenvalue weighted by Gasteiger charge is 2.26. The molecule has 0 heterocycles. The molecule has 9 nitrogen and oxygen atoms in total. The lowest BCUT2D eigenvalue weighted by atomic mass is 10.0. The molecular formula is C88H152NO8P. The molecule has 0 aliphatic heterocycles. The minimum atomic E-state index is -4.41. The van der Waals surface area contributed by atoms with Gasteiger partial charge in [0, 0.05) is 19.4 Å². The van der Waals surface area contributed by atoms with Gasteiger partial charge in [0.15, 0.2) is 6.10 Å². The second-order valence-electron chi connectivity index (χ2n) is 26.9. The van der Waals surface area contributed by atoms with Crippen LogP contribution in [0.25, 0.3) is 0 Å². The van der Waals surface area contributed by atoms with Gasteiger partial charge in [-0.1, -0.05) is 397 Å². The summed E-state index contributed by atoms with van der Waals surface area (Å²) in [4.78, 5) is 35.5. The number of ether oxygens (including phenoxy) is 2. The quantitative estimate of drug-likeness (QED) is 0.0264. The number of nitrogens with two attached hydrogens (primary N) is 1. The van der Waals surface area contributed by atoms with E-state index in [1.807, 2.05) is 0 Å². The number of phosphoric acid groups is 1. The second-order valence-corrected chi connectivity index (χ2v) is 28.4. The van der Waals surface area contributed by atoms with E-state index in [9.17, 15) is 19.0 Å². The fourth-order valence-corrected chi connectivity index (χ4v) is 12.3. The first-order valence-corrected chi connectivity index (χ1v) is 42.3. The molecule has 0 saturated carbocycles. The van der Waals surface area contributed by atoms with Crippen LogP contribution in [-0.2, 0) is 32.7 Å². The zero-order valence-electron chi connectivity index (χ0n) is 63.5. The molecule has 98 heavy (non-hydrogen) atoms. The minimum absolute atomic E-state index is 0.0434. The third-order valence-electron chi connectivity index (χ3n) is 17.5. The summed E-state index contributed by atoms with van der Waals surface area (Å²) in [5.74, 6) is -0.852. The maximum atomic E-state index is 12.8. The number of esters is 2. The summed E-state index contributed by atoms with van der Waals surface area (Å²) >= 11 is 0. The van der Waals surface area contributed by atoms with E-state index in [1.54, 1.807) is 0 Å². The van der Waals surface area contributed by atoms with E-state index in [2.05, 4.69) is 160 Å². The molecule has 0 aromatic rings. The smallest absolute Gasteiger partial charge is 0.462 e. The number of carbonyl (C=O) groups excluding carboxylic acids is 2. The van der Waals surface area contributed by atoms with E-state index in [1.165, 1.54) is 212 Å². The summed E-state index contributed by atoms with van der Waals surface area (Å²) < 4.78 is 33.2. The van der Waals surface area contributed by atoms with Crippen LogP contribution in [0.3, 0.4) is 0 Å². The van der Waals surface area contributed by atoms with Gasteiger partial charge >= 0.3 is 19.8 Å². The topological polar surface area (TPSA) is 134 Å². The van der Waals surface area contributed by atoms with Crippen molar-refractivity contribution in [1.82, 2.24) is 0 Å². The van der Waals surface area contributed by atoms with Gasteiger partial charge in [0.25, 0.3) is 0 Å². The monoisotopic (exact) mass is 1380 g/mol. The van der Waals surface area contributed by atoms with Crippen molar-refractivity contribution in [3.05, 3.63) is 146 Å². The Labute approximate surface area is 605 Å². The Morgan fingerprint density at radius 3 is 0.837 bits per heavy atom. The standard InChI is InChI=1S/C88H152NO8P/c1-3-5-7-9-11-13-15-17-19-21-23-25-27-29-31-33-35-37-39-41-42-43-44-45-47-49-51-53-55-57-59-61-63-65-67-69-71-73-75-77-79-81-88(91)97-86(85-96-98(92,93)95-83-82-89)84-94-87(90)80-78-76-74-72-70-68-66-64-62-60-58-56-54-52-50-48-46-40-38-36-34-32-30-28-26-24-22-20-18-16-14-12-10-8-6-4-2/h5,7,11,13,17,19,23,25,29,31,35,37,41-42,44-45,49,51,55,57,61,63,67,69,86H,3-4,6,8-10,12,14-16,18,20-22,24,26-28,30,32-34,36,38-40,43,46-48,50,52-54,56,58-60,62,64-66,68,70-85,89H2,1-2H3,(H,92,93)/b7-5-,13-11-,19-17-,25-23-,31-29-,37-35-,42-41-,45-44-,51-49-,57-55-,63-61-,69-67-. The summed E-state index contributed by atoms with van der Waals surface area (Å²) in [7, 11) is -4.41. The molecule has 0 rings (SSSR count). The summed E-state index contributed by atoms with van der Waals surface area (Å²) in [5, 5.41) is 0. The Balaban J connectivity index is 3.91. The number of phosphoric ester groups is 1. The van der Waals surface area contributed by atoms with Crippen molar-refractivity contribution in [3.8, 4) is 0 Å². The lowest BCUT2D eigenvalue weighted by Gasteiger charge is -2.19. The van der Waals surface area contributed by atoms with E-state index < -0.39 is 26.5 Å². The Morgan fingerprint density at radius 2 is 0.561 bits per heavy atom. The second kappa shape index (κ2) is 81.9. The molecule has 0 radical (unpaired) electrons. The van der Waals surface area contributed by atoms with Gasteiger partial charge in [-0.2, -0.15) is 0 Å². The Kier molecular flexibility index (Phi) is 78.4. The van der Waals surface area contributed by atoms with Gasteiger partial charge < -0.3 is 20.1 Å². The molecule has 2 unspecified atom stereocenters. The molecule has 0 aromatic carbocycles. The maximum Gasteiger partial charge on any atom is 0.472 e. The molecule has 0 fully saturated rings. The fraction of sp³-hybridized carbons (Fsp3) is 0.705. The van der Waals surface area contributed by atoms with Gasteiger partial charge in [0.2, 0.25) is 0 Å². The van der Waals surface area contributed by atoms with E-state index in [0.717, 1.165) is 122 Å². The van der Waals surface area contributed by atoms with Crippen LogP contribution in [-0.4, -0.2) is 49.3 Å². The molecule has 0 aliphatic rings. The zero-order chi connectivity index (χ0) is 70.8. The Bertz CT molecular complexity index is 2130. The highest BCUT2D eigenvalue weighted by molar-refractivity contribution is 7.47. The molecule has 3 N–H and O–H groups in total. The van der Waals surface area contributed by atoms with Crippen LogP contribution in [0.5, 0.6) is 0 Å². The van der Waals surface area contributed by atoms with Gasteiger partial charge in [0.1, 0.15) is 6.61 Å². The van der Waals surface area contributed by atoms with Crippen molar-refractivity contribution in [2.75, 3.05) is 26.4 Å². The van der Waals surface area contributed by atoms with Crippen LogP contribution in [0.4, 0.5) is 0 Å². The van der Waals surface area contributed by atoms with E-state index >= 15 is 0 Å². The van der Waals surface area contributed by atoms with Crippen molar-refractivity contribution in [2.24, 2.45) is 5.73 Å². The maximum absolute atomic E-state index is 12.8. The zero-order valence-corrected chi connectivity index (χ0v) is 64.4. The largest absolute Gasteiger partial charge is 0.472 e. The number of allylic oxidation sites excluding steroid dienone is 24. The molecule has 0 bridgehead atoms. The van der Waals surface area contributed by atoms with Gasteiger partial charge in [0.05, 0.1) is 13.2 Å². The van der Waals surface area contributed by atoms with Gasteiger partial charge in [-0.05, 0) is 103 Å². The molecule has 0 amide bonds. The average molecular weight is 1380 g/mol. The van der Waals surface area contributed by atoms with Crippen LogP contribution in [0.2, 0.25) is 0 Å². The van der Waals surface area contributed by atoms with Crippen molar-refractivity contribution < 1.29 is 37.6 Å². The van der Waals surface area contributed by atoms with Crippen molar-refractivity contribution in [3.63, 3.8) is 0 Å². The van der Waals surface area contributed by atoms with Crippen molar-refractivity contribution in [2.45, 2.75) is 373 Å². The predicted molar refractivity (Wildman–Crippen MR) is 427 cm³/mol. The normalized spacial score (nSPS) is 13.6.